The van der Waals surface area contributed by atoms with Gasteiger partial charge in [0.05, 0.1) is 11.2 Å². The van der Waals surface area contributed by atoms with Crippen LogP contribution in [0.25, 0.3) is 0 Å². The van der Waals surface area contributed by atoms with Crippen LogP contribution in [0, 0.1) is 0 Å². The quantitative estimate of drug-likeness (QED) is 0.721. The van der Waals surface area contributed by atoms with Gasteiger partial charge < -0.3 is 5.73 Å². The van der Waals surface area contributed by atoms with Crippen LogP contribution < -0.4 is 5.73 Å². The Hall–Kier alpha value is -0.0600. The molecule has 11 heavy (non-hydrogen) atoms. The summed E-state index contributed by atoms with van der Waals surface area (Å²) in [5.74, 6) is 2.79. The first-order valence-electron chi connectivity index (χ1n) is 3.62. The van der Waals surface area contributed by atoms with Gasteiger partial charge in [0.2, 0.25) is 0 Å². The first-order valence-corrected chi connectivity index (χ1v) is 5.65. The van der Waals surface area contributed by atoms with Gasteiger partial charge in [0.1, 0.15) is 0 Å². The topological polar surface area (TPSA) is 38.9 Å². The maximum Gasteiger partial charge on any atom is 0.0798 e. The third-order valence-corrected chi connectivity index (χ3v) is 4.06. The van der Waals surface area contributed by atoms with Gasteiger partial charge in [-0.3, -0.25) is 0 Å². The van der Waals surface area contributed by atoms with Crippen LogP contribution in [0.3, 0.4) is 0 Å². The van der Waals surface area contributed by atoms with Crippen LogP contribution in [-0.2, 0) is 5.75 Å². The van der Waals surface area contributed by atoms with E-state index < -0.39 is 0 Å². The zero-order valence-electron chi connectivity index (χ0n) is 6.12. The van der Waals surface area contributed by atoms with Gasteiger partial charge in [-0.2, -0.15) is 11.8 Å². The Morgan fingerprint density at radius 1 is 1.73 bits per heavy atom. The largest absolute Gasteiger partial charge is 0.330 e. The maximum atomic E-state index is 5.63. The molecule has 1 unspecified atom stereocenters. The molecule has 0 radical (unpaired) electrons. The molecule has 0 saturated heterocycles. The lowest BCUT2D eigenvalue weighted by Gasteiger charge is -2.18. The molecular formula is C7H10N2S2. The molecule has 0 bridgehead atoms. The van der Waals surface area contributed by atoms with E-state index in [1.165, 1.54) is 10.6 Å². The van der Waals surface area contributed by atoms with Crippen molar-refractivity contribution in [3.63, 3.8) is 0 Å². The Balaban J connectivity index is 2.32. The number of fused-ring (bicyclic) bond motifs is 1. The van der Waals surface area contributed by atoms with E-state index in [1.807, 2.05) is 17.3 Å². The van der Waals surface area contributed by atoms with Gasteiger partial charge >= 0.3 is 0 Å². The van der Waals surface area contributed by atoms with E-state index in [0.29, 0.717) is 5.92 Å². The fourth-order valence-corrected chi connectivity index (χ4v) is 3.46. The fraction of sp³-hybridized carbons (Fsp3) is 0.571. The number of thiazole rings is 1. The second kappa shape index (κ2) is 3.13. The van der Waals surface area contributed by atoms with Gasteiger partial charge in [-0.15, -0.1) is 11.3 Å². The van der Waals surface area contributed by atoms with Crippen molar-refractivity contribution >= 4 is 23.1 Å². The van der Waals surface area contributed by atoms with E-state index in [9.17, 15) is 0 Å². The highest BCUT2D eigenvalue weighted by atomic mass is 32.2. The molecule has 0 aliphatic carbocycles. The molecule has 1 aromatic heterocycles. The first kappa shape index (κ1) is 7.58. The first-order chi connectivity index (χ1) is 5.42. The van der Waals surface area contributed by atoms with E-state index in [4.69, 9.17) is 5.73 Å². The van der Waals surface area contributed by atoms with Crippen molar-refractivity contribution in [2.24, 2.45) is 5.73 Å². The van der Waals surface area contributed by atoms with Crippen LogP contribution in [-0.4, -0.2) is 17.3 Å². The molecule has 1 atom stereocenters. The average molecular weight is 186 g/mol. The lowest BCUT2D eigenvalue weighted by atomic mass is 10.1. The summed E-state index contributed by atoms with van der Waals surface area (Å²) in [6.45, 7) is 0.740. The summed E-state index contributed by atoms with van der Waals surface area (Å²) in [6.07, 6.45) is 0. The molecule has 0 fully saturated rings. The molecule has 60 valence electrons. The highest BCUT2D eigenvalue weighted by molar-refractivity contribution is 7.98. The van der Waals surface area contributed by atoms with Gasteiger partial charge in [-0.1, -0.05) is 0 Å². The molecule has 4 heteroatoms. The van der Waals surface area contributed by atoms with Gasteiger partial charge in [0.15, 0.2) is 0 Å². The summed E-state index contributed by atoms with van der Waals surface area (Å²) in [4.78, 5) is 5.76. The number of aromatic nitrogens is 1. The minimum absolute atomic E-state index is 0.509. The Morgan fingerprint density at radius 2 is 2.64 bits per heavy atom. The zero-order valence-corrected chi connectivity index (χ0v) is 7.75. The minimum Gasteiger partial charge on any atom is -0.330 e. The average Bonchev–Trinajstić information content (AvgIpc) is 2.50. The van der Waals surface area contributed by atoms with Crippen molar-refractivity contribution in [1.29, 1.82) is 0 Å². The third kappa shape index (κ3) is 1.30. The molecular weight excluding hydrogens is 176 g/mol. The smallest absolute Gasteiger partial charge is 0.0798 e. The summed E-state index contributed by atoms with van der Waals surface area (Å²) < 4.78 is 0. The van der Waals surface area contributed by atoms with Crippen LogP contribution in [0.15, 0.2) is 5.51 Å². The Labute approximate surface area is 74.2 Å². The molecule has 0 spiro atoms. The molecule has 1 aromatic rings. The van der Waals surface area contributed by atoms with Gasteiger partial charge in [0.25, 0.3) is 0 Å². The van der Waals surface area contributed by atoms with Crippen LogP contribution in [0.4, 0.5) is 0 Å². The van der Waals surface area contributed by atoms with Crippen molar-refractivity contribution in [1.82, 2.24) is 4.98 Å². The van der Waals surface area contributed by atoms with Crippen molar-refractivity contribution in [3.8, 4) is 0 Å². The minimum atomic E-state index is 0.509. The molecule has 0 amide bonds. The number of hydrogen-bond donors (Lipinski definition) is 1. The number of hydrogen-bond acceptors (Lipinski definition) is 4. The number of nitrogens with two attached hydrogens (primary N) is 1. The van der Waals surface area contributed by atoms with Crippen LogP contribution >= 0.6 is 23.1 Å². The fourth-order valence-electron chi connectivity index (χ4n) is 1.27. The Bertz CT molecular complexity index is 246. The summed E-state index contributed by atoms with van der Waals surface area (Å²) in [5, 5.41) is 0. The van der Waals surface area contributed by atoms with Crippen molar-refractivity contribution in [2.75, 3.05) is 12.3 Å². The summed E-state index contributed by atoms with van der Waals surface area (Å²) in [5.41, 5.74) is 8.82. The third-order valence-electron chi connectivity index (χ3n) is 1.90. The number of rotatable bonds is 1. The molecule has 2 nitrogen and oxygen atoms in total. The van der Waals surface area contributed by atoms with Crippen LogP contribution in [0.5, 0.6) is 0 Å². The lowest BCUT2D eigenvalue weighted by molar-refractivity contribution is 0.748. The maximum absolute atomic E-state index is 5.63. The predicted molar refractivity (Wildman–Crippen MR) is 50.1 cm³/mol. The van der Waals surface area contributed by atoms with E-state index in [-0.39, 0.29) is 0 Å². The molecule has 2 heterocycles. The van der Waals surface area contributed by atoms with Crippen molar-refractivity contribution < 1.29 is 0 Å². The monoisotopic (exact) mass is 186 g/mol. The SMILES string of the molecule is NCC1CSCc2scnc21. The summed E-state index contributed by atoms with van der Waals surface area (Å²) in [7, 11) is 0. The highest BCUT2D eigenvalue weighted by Gasteiger charge is 2.21. The van der Waals surface area contributed by atoms with Gasteiger partial charge in [0, 0.05) is 28.8 Å². The molecule has 1 aliphatic heterocycles. The molecule has 0 aromatic carbocycles. The Kier molecular flexibility index (Phi) is 2.16. The van der Waals surface area contributed by atoms with Crippen molar-refractivity contribution in [3.05, 3.63) is 16.1 Å². The van der Waals surface area contributed by atoms with Crippen LogP contribution in [0.2, 0.25) is 0 Å². The summed E-state index contributed by atoms with van der Waals surface area (Å²) in [6, 6.07) is 0. The standard InChI is InChI=1S/C7H10N2S2/c8-1-5-2-10-3-6-7(5)9-4-11-6/h4-5H,1-3,8H2. The van der Waals surface area contributed by atoms with Crippen LogP contribution in [0.1, 0.15) is 16.5 Å². The lowest BCUT2D eigenvalue weighted by Crippen LogP contribution is -2.18. The van der Waals surface area contributed by atoms with E-state index >= 15 is 0 Å². The zero-order chi connectivity index (χ0) is 7.68. The molecule has 2 N–H and O–H groups in total. The van der Waals surface area contributed by atoms with Gasteiger partial charge in [-0.05, 0) is 0 Å². The van der Waals surface area contributed by atoms with E-state index in [2.05, 4.69) is 4.98 Å². The number of thioether (sulfide) groups is 1. The number of nitrogens with zero attached hydrogens (tertiary/aromatic N) is 1. The summed E-state index contributed by atoms with van der Waals surface area (Å²) >= 11 is 3.72. The van der Waals surface area contributed by atoms with Crippen molar-refractivity contribution in [2.45, 2.75) is 11.7 Å². The second-order valence-corrected chi connectivity index (χ2v) is 4.58. The molecule has 2 rings (SSSR count). The molecule has 0 saturated carbocycles. The normalized spacial score (nSPS) is 23.2. The second-order valence-electron chi connectivity index (χ2n) is 2.61. The van der Waals surface area contributed by atoms with E-state index in [1.54, 1.807) is 11.3 Å². The molecule has 1 aliphatic rings. The Morgan fingerprint density at radius 3 is 3.45 bits per heavy atom. The van der Waals surface area contributed by atoms with Gasteiger partial charge in [-0.25, -0.2) is 4.98 Å². The highest BCUT2D eigenvalue weighted by Crippen LogP contribution is 2.33. The van der Waals surface area contributed by atoms with E-state index in [0.717, 1.165) is 18.1 Å². The predicted octanol–water partition coefficient (Wildman–Crippen LogP) is 1.43.